The summed E-state index contributed by atoms with van der Waals surface area (Å²) in [5.74, 6) is 0. The van der Waals surface area contributed by atoms with Crippen molar-refractivity contribution in [2.75, 3.05) is 33.7 Å². The maximum absolute atomic E-state index is 6.22. The number of likely N-dealkylation sites (tertiary alicyclic amines) is 1. The van der Waals surface area contributed by atoms with Gasteiger partial charge in [0.15, 0.2) is 0 Å². The quantitative estimate of drug-likeness (QED) is 0.814. The molecule has 1 unspecified atom stereocenters. The summed E-state index contributed by atoms with van der Waals surface area (Å²) in [4.78, 5) is 4.93. The van der Waals surface area contributed by atoms with Gasteiger partial charge in [-0.05, 0) is 58.4 Å². The Morgan fingerprint density at radius 1 is 1.29 bits per heavy atom. The third kappa shape index (κ3) is 4.94. The van der Waals surface area contributed by atoms with E-state index < -0.39 is 0 Å². The van der Waals surface area contributed by atoms with Gasteiger partial charge in [0.1, 0.15) is 0 Å². The highest BCUT2D eigenvalue weighted by Gasteiger charge is 2.24. The van der Waals surface area contributed by atoms with Gasteiger partial charge in [0.05, 0.1) is 0 Å². The zero-order valence-electron chi connectivity index (χ0n) is 12.4. The van der Waals surface area contributed by atoms with Crippen LogP contribution in [-0.2, 0) is 0 Å². The highest BCUT2D eigenvalue weighted by atomic mass is 15.2. The molecule has 1 saturated heterocycles. The van der Waals surface area contributed by atoms with Crippen LogP contribution in [0.25, 0.3) is 0 Å². The zero-order valence-corrected chi connectivity index (χ0v) is 12.4. The lowest BCUT2D eigenvalue weighted by Crippen LogP contribution is -2.44. The number of piperidine rings is 1. The number of rotatable bonds is 4. The molecular weight excluding hydrogens is 210 g/mol. The first kappa shape index (κ1) is 14.9. The molecule has 0 aliphatic carbocycles. The fraction of sp³-hybridized carbons (Fsp3) is 1.00. The smallest absolute Gasteiger partial charge is 0.0117 e. The van der Waals surface area contributed by atoms with Gasteiger partial charge >= 0.3 is 0 Å². The summed E-state index contributed by atoms with van der Waals surface area (Å²) in [6.45, 7) is 10.3. The van der Waals surface area contributed by atoms with Gasteiger partial charge in [-0.3, -0.25) is 0 Å². The van der Waals surface area contributed by atoms with E-state index in [0.29, 0.717) is 6.04 Å². The van der Waals surface area contributed by atoms with Gasteiger partial charge in [0, 0.05) is 12.1 Å². The van der Waals surface area contributed by atoms with Crippen LogP contribution < -0.4 is 5.73 Å². The van der Waals surface area contributed by atoms with Gasteiger partial charge in [-0.1, -0.05) is 20.8 Å². The van der Waals surface area contributed by atoms with Crippen molar-refractivity contribution >= 4 is 0 Å². The van der Waals surface area contributed by atoms with Crippen molar-refractivity contribution in [3.63, 3.8) is 0 Å². The average Bonchev–Trinajstić information content (AvgIpc) is 2.25. The largest absolute Gasteiger partial charge is 0.327 e. The lowest BCUT2D eigenvalue weighted by atomic mass is 9.85. The average molecular weight is 241 g/mol. The molecule has 0 bridgehead atoms. The van der Waals surface area contributed by atoms with Crippen LogP contribution in [0.4, 0.5) is 0 Å². The van der Waals surface area contributed by atoms with E-state index in [1.165, 1.54) is 25.9 Å². The van der Waals surface area contributed by atoms with E-state index in [1.54, 1.807) is 0 Å². The molecule has 2 N–H and O–H groups in total. The minimum Gasteiger partial charge on any atom is -0.327 e. The Balaban J connectivity index is 2.27. The van der Waals surface area contributed by atoms with Crippen LogP contribution in [0.3, 0.4) is 0 Å². The van der Waals surface area contributed by atoms with Crippen molar-refractivity contribution in [1.82, 2.24) is 9.80 Å². The minimum atomic E-state index is 0.230. The molecule has 3 heteroatoms. The molecule has 1 rings (SSSR count). The Morgan fingerprint density at radius 3 is 2.29 bits per heavy atom. The molecule has 0 amide bonds. The van der Waals surface area contributed by atoms with Crippen molar-refractivity contribution in [3.05, 3.63) is 0 Å². The monoisotopic (exact) mass is 241 g/mol. The third-order valence-corrected chi connectivity index (χ3v) is 4.22. The Labute approximate surface area is 107 Å². The Hall–Kier alpha value is -0.120. The van der Waals surface area contributed by atoms with Crippen molar-refractivity contribution in [1.29, 1.82) is 0 Å². The zero-order chi connectivity index (χ0) is 13.1. The summed E-state index contributed by atoms with van der Waals surface area (Å²) in [6.07, 6.45) is 3.71. The third-order valence-electron chi connectivity index (χ3n) is 4.22. The highest BCUT2D eigenvalue weighted by molar-refractivity contribution is 4.81. The van der Waals surface area contributed by atoms with Crippen LogP contribution in [0, 0.1) is 5.41 Å². The van der Waals surface area contributed by atoms with Crippen LogP contribution in [0.15, 0.2) is 0 Å². The first-order valence-electron chi connectivity index (χ1n) is 6.95. The molecule has 0 aromatic heterocycles. The molecule has 1 atom stereocenters. The second kappa shape index (κ2) is 6.17. The van der Waals surface area contributed by atoms with Crippen LogP contribution in [0.2, 0.25) is 0 Å². The minimum absolute atomic E-state index is 0.230. The molecule has 3 nitrogen and oxygen atoms in total. The number of nitrogens with zero attached hydrogens (tertiary/aromatic N) is 2. The second-order valence-electron chi connectivity index (χ2n) is 6.78. The maximum Gasteiger partial charge on any atom is 0.0117 e. The van der Waals surface area contributed by atoms with Gasteiger partial charge in [0.2, 0.25) is 0 Å². The van der Waals surface area contributed by atoms with Crippen molar-refractivity contribution < 1.29 is 0 Å². The Morgan fingerprint density at radius 2 is 1.82 bits per heavy atom. The molecule has 102 valence electrons. The lowest BCUT2D eigenvalue weighted by molar-refractivity contribution is 0.135. The number of hydrogen-bond donors (Lipinski definition) is 1. The molecular formula is C14H31N3. The first-order valence-corrected chi connectivity index (χ1v) is 6.95. The van der Waals surface area contributed by atoms with Gasteiger partial charge in [-0.25, -0.2) is 0 Å². The van der Waals surface area contributed by atoms with E-state index in [-0.39, 0.29) is 5.41 Å². The van der Waals surface area contributed by atoms with Gasteiger partial charge in [-0.15, -0.1) is 0 Å². The van der Waals surface area contributed by atoms with Crippen LogP contribution in [0.5, 0.6) is 0 Å². The molecule has 0 radical (unpaired) electrons. The van der Waals surface area contributed by atoms with E-state index in [4.69, 9.17) is 5.73 Å². The van der Waals surface area contributed by atoms with Gasteiger partial charge in [0.25, 0.3) is 0 Å². The summed E-state index contributed by atoms with van der Waals surface area (Å²) in [7, 11) is 4.47. The maximum atomic E-state index is 6.22. The Kier molecular flexibility index (Phi) is 5.42. The summed E-state index contributed by atoms with van der Waals surface area (Å²) < 4.78 is 0. The van der Waals surface area contributed by atoms with Crippen molar-refractivity contribution in [2.24, 2.45) is 11.1 Å². The van der Waals surface area contributed by atoms with Gasteiger partial charge in [-0.2, -0.15) is 0 Å². The van der Waals surface area contributed by atoms with Crippen LogP contribution in [-0.4, -0.2) is 55.6 Å². The Bertz CT molecular complexity index is 214. The normalized spacial score (nSPS) is 22.1. The fourth-order valence-corrected chi connectivity index (χ4v) is 2.39. The molecule has 0 spiro atoms. The summed E-state index contributed by atoms with van der Waals surface area (Å²) in [5.41, 5.74) is 6.45. The molecule has 1 aliphatic rings. The second-order valence-corrected chi connectivity index (χ2v) is 6.78. The molecule has 0 aromatic carbocycles. The molecule has 1 fully saturated rings. The predicted octanol–water partition coefficient (Wildman–Crippen LogP) is 1.78. The fourth-order valence-electron chi connectivity index (χ4n) is 2.39. The van der Waals surface area contributed by atoms with Gasteiger partial charge < -0.3 is 15.5 Å². The topological polar surface area (TPSA) is 32.5 Å². The van der Waals surface area contributed by atoms with Crippen molar-refractivity contribution in [2.45, 2.75) is 52.1 Å². The number of hydrogen-bond acceptors (Lipinski definition) is 3. The summed E-state index contributed by atoms with van der Waals surface area (Å²) in [5, 5.41) is 0. The number of nitrogens with two attached hydrogens (primary N) is 1. The standard InChI is InChI=1S/C14H31N3/c1-14(2,3)13(15)8-11-17(5)12-6-9-16(4)10-7-12/h12-13H,6-11,15H2,1-5H3. The van der Waals surface area contributed by atoms with Crippen molar-refractivity contribution in [3.8, 4) is 0 Å². The molecule has 1 heterocycles. The first-order chi connectivity index (χ1) is 7.80. The van der Waals surface area contributed by atoms with Crippen LogP contribution in [0.1, 0.15) is 40.0 Å². The molecule has 0 aromatic rings. The van der Waals surface area contributed by atoms with E-state index in [0.717, 1.165) is 19.0 Å². The predicted molar refractivity (Wildman–Crippen MR) is 75.2 cm³/mol. The summed E-state index contributed by atoms with van der Waals surface area (Å²) in [6, 6.07) is 1.06. The van der Waals surface area contributed by atoms with Crippen LogP contribution >= 0.6 is 0 Å². The molecule has 0 saturated carbocycles. The van der Waals surface area contributed by atoms with E-state index in [1.807, 2.05) is 0 Å². The lowest BCUT2D eigenvalue weighted by Gasteiger charge is -2.36. The SMILES string of the molecule is CN1CCC(N(C)CCC(N)C(C)(C)C)CC1. The molecule has 1 aliphatic heterocycles. The summed E-state index contributed by atoms with van der Waals surface area (Å²) >= 11 is 0. The van der Waals surface area contributed by atoms with E-state index in [2.05, 4.69) is 44.7 Å². The van der Waals surface area contributed by atoms with E-state index in [9.17, 15) is 0 Å². The molecule has 17 heavy (non-hydrogen) atoms. The highest BCUT2D eigenvalue weighted by Crippen LogP contribution is 2.21. The van der Waals surface area contributed by atoms with E-state index >= 15 is 0 Å².